The maximum Gasteiger partial charge on any atom is 0.346 e. The second-order valence-corrected chi connectivity index (χ2v) is 27.0. The summed E-state index contributed by atoms with van der Waals surface area (Å²) in [5, 5.41) is 13.4. The highest BCUT2D eigenvalue weighted by atomic mass is 16.4. The molecule has 1 aliphatic carbocycles. The summed E-state index contributed by atoms with van der Waals surface area (Å²) in [6.07, 6.45) is 14.3. The number of hydrogen-bond acceptors (Lipinski definition) is 16. The number of pyridine rings is 2. The van der Waals surface area contributed by atoms with Crippen molar-refractivity contribution in [3.8, 4) is 0 Å². The van der Waals surface area contributed by atoms with Crippen LogP contribution in [-0.2, 0) is 38.4 Å². The number of aliphatic imine (C=N–C) groups is 2. The summed E-state index contributed by atoms with van der Waals surface area (Å²) in [6, 6.07) is 15.7. The minimum Gasteiger partial charge on any atom is -0.475 e. The van der Waals surface area contributed by atoms with Gasteiger partial charge in [-0.3, -0.25) is 63.7 Å². The second kappa shape index (κ2) is 29.3. The number of carbonyl (C=O) groups excluding carboxylic acids is 9. The van der Waals surface area contributed by atoms with Gasteiger partial charge >= 0.3 is 5.88 Å². The molecule has 5 saturated heterocycles. The van der Waals surface area contributed by atoms with E-state index in [0.29, 0.717) is 70.1 Å². The van der Waals surface area contributed by atoms with Crippen molar-refractivity contribution in [1.29, 1.82) is 0 Å². The fourth-order valence-corrected chi connectivity index (χ4v) is 12.6. The van der Waals surface area contributed by atoms with Crippen molar-refractivity contribution in [2.75, 3.05) is 59.0 Å². The number of aromatic nitrogens is 2. The number of anilines is 5. The van der Waals surface area contributed by atoms with Crippen LogP contribution in [0.5, 0.6) is 0 Å². The third-order valence-electron chi connectivity index (χ3n) is 18.7. The summed E-state index contributed by atoms with van der Waals surface area (Å²) in [5.41, 5.74) is 7.65. The Bertz CT molecular complexity index is 4080. The van der Waals surface area contributed by atoms with Crippen LogP contribution < -0.4 is 36.4 Å². The lowest BCUT2D eigenvalue weighted by atomic mass is 9.77. The molecule has 5 N–H and O–H groups in total. The molecule has 96 heavy (non-hydrogen) atoms. The zero-order valence-corrected chi connectivity index (χ0v) is 54.7. The first kappa shape index (κ1) is 68.1. The summed E-state index contributed by atoms with van der Waals surface area (Å²) in [6.45, 7) is 35.6. The fraction of sp³-hybridized carbons (Fsp3) is 0.437. The summed E-state index contributed by atoms with van der Waals surface area (Å²) in [7, 11) is 1.52. The highest BCUT2D eigenvalue weighted by Crippen LogP contribution is 2.42. The molecule has 0 bridgehead atoms. The summed E-state index contributed by atoms with van der Waals surface area (Å²) in [4.78, 5) is 143. The topological polar surface area (TPSA) is 300 Å². The fourth-order valence-electron chi connectivity index (χ4n) is 12.6. The smallest absolute Gasteiger partial charge is 0.346 e. The van der Waals surface area contributed by atoms with Crippen LogP contribution in [0, 0.1) is 36.5 Å². The minimum atomic E-state index is -0.430. The van der Waals surface area contributed by atoms with Crippen molar-refractivity contribution in [2.24, 2.45) is 26.7 Å². The van der Waals surface area contributed by atoms with E-state index in [4.69, 9.17) is 34.1 Å². The average molecular weight is 1300 g/mol. The van der Waals surface area contributed by atoms with Crippen LogP contribution in [0.1, 0.15) is 182 Å². The SMILES string of the molecule is [C-]#[N+]C1=CCC(C(=O)Nc2ccc(C3CC(=O)NC(=O)C3)nc2C2=CCC(C)(C)CC2)=N1.[C-]#[N+]C1=CCC(C(=O)Nc2ccc(C3CC(=O)NC(=O)C3)nc2N2CCC(C)CC2)=N1.[C-]#[N+]c1ccc(C(=O)Nc2ccc(C3CC(=O)N(C)C(=O)C3)cc2N2CCC(C)(C)CC2)o1. The first-order valence-electron chi connectivity index (χ1n) is 32.3. The van der Waals surface area contributed by atoms with E-state index in [1.165, 1.54) is 24.1 Å². The van der Waals surface area contributed by atoms with E-state index < -0.39 is 5.91 Å². The normalized spacial score (nSPS) is 19.8. The van der Waals surface area contributed by atoms with Crippen LogP contribution in [0.25, 0.3) is 20.1 Å². The van der Waals surface area contributed by atoms with Gasteiger partial charge in [0.15, 0.2) is 23.0 Å². The number of nitrogens with zero attached hydrogens (tertiary/aromatic N) is 10. The molecule has 4 aromatic rings. The number of nitrogens with one attached hydrogen (secondary N) is 5. The first-order chi connectivity index (χ1) is 45.8. The van der Waals surface area contributed by atoms with E-state index in [2.05, 4.69) is 102 Å². The molecule has 496 valence electrons. The Morgan fingerprint density at radius 1 is 0.583 bits per heavy atom. The number of furan rings is 1. The Morgan fingerprint density at radius 3 is 1.64 bits per heavy atom. The molecule has 0 saturated carbocycles. The molecular formula is C71H77N15O10. The second-order valence-electron chi connectivity index (χ2n) is 27.0. The summed E-state index contributed by atoms with van der Waals surface area (Å²) >= 11 is 0. The number of allylic oxidation sites excluding steroid dienone is 4. The molecule has 7 aliphatic heterocycles. The molecule has 9 amide bonds. The number of piperidine rings is 5. The number of benzene rings is 1. The summed E-state index contributed by atoms with van der Waals surface area (Å²) in [5.74, 6) is -1.58. The maximum atomic E-state index is 12.8. The predicted octanol–water partition coefficient (Wildman–Crippen LogP) is 10.7. The van der Waals surface area contributed by atoms with Gasteiger partial charge in [-0.25, -0.2) is 4.98 Å². The van der Waals surface area contributed by atoms with Gasteiger partial charge in [-0.1, -0.05) is 72.1 Å². The summed E-state index contributed by atoms with van der Waals surface area (Å²) < 4.78 is 5.27. The van der Waals surface area contributed by atoms with E-state index in [9.17, 15) is 43.2 Å². The Labute approximate surface area is 556 Å². The van der Waals surface area contributed by atoms with E-state index in [1.807, 2.05) is 18.2 Å². The van der Waals surface area contributed by atoms with Gasteiger partial charge in [0.05, 0.1) is 35.0 Å². The van der Waals surface area contributed by atoms with Crippen molar-refractivity contribution in [3.63, 3.8) is 0 Å². The molecular weight excluding hydrogens is 1220 g/mol. The van der Waals surface area contributed by atoms with Crippen LogP contribution in [0.15, 0.2) is 98.9 Å². The Morgan fingerprint density at radius 2 is 1.11 bits per heavy atom. The Balaban J connectivity index is 0.000000157. The lowest BCUT2D eigenvalue weighted by molar-refractivity contribution is -0.147. The number of carbonyl (C=O) groups is 9. The van der Waals surface area contributed by atoms with E-state index in [1.54, 1.807) is 36.4 Å². The Kier molecular flexibility index (Phi) is 20.8. The van der Waals surface area contributed by atoms with Crippen LogP contribution in [0.3, 0.4) is 0 Å². The number of rotatable bonds is 12. The van der Waals surface area contributed by atoms with Crippen molar-refractivity contribution >= 4 is 105 Å². The van der Waals surface area contributed by atoms with Gasteiger partial charge in [0.2, 0.25) is 35.4 Å². The van der Waals surface area contributed by atoms with E-state index in [-0.39, 0.29) is 138 Å². The van der Waals surface area contributed by atoms with Crippen molar-refractivity contribution in [3.05, 3.63) is 147 Å². The maximum absolute atomic E-state index is 12.8. The van der Waals surface area contributed by atoms with Crippen molar-refractivity contribution in [2.45, 2.75) is 149 Å². The van der Waals surface area contributed by atoms with E-state index >= 15 is 0 Å². The molecule has 8 aliphatic rings. The van der Waals surface area contributed by atoms with Crippen LogP contribution >= 0.6 is 0 Å². The number of amides is 9. The minimum absolute atomic E-state index is 0.0607. The molecule has 0 radical (unpaired) electrons. The predicted molar refractivity (Wildman–Crippen MR) is 360 cm³/mol. The van der Waals surface area contributed by atoms with Gasteiger partial charge in [0.25, 0.3) is 29.4 Å². The third kappa shape index (κ3) is 16.8. The van der Waals surface area contributed by atoms with Gasteiger partial charge in [-0.2, -0.15) is 4.85 Å². The lowest BCUT2D eigenvalue weighted by Gasteiger charge is -2.39. The number of likely N-dealkylation sites (tertiary alicyclic amines) is 1. The molecule has 0 atom stereocenters. The van der Waals surface area contributed by atoms with Crippen molar-refractivity contribution in [1.82, 2.24) is 25.5 Å². The average Bonchev–Trinajstić information content (AvgIpc) is 1.11. The molecule has 25 nitrogen and oxygen atoms in total. The van der Waals surface area contributed by atoms with Gasteiger partial charge < -0.3 is 39.9 Å². The molecule has 12 rings (SSSR count). The van der Waals surface area contributed by atoms with E-state index in [0.717, 1.165) is 87.9 Å². The highest BCUT2D eigenvalue weighted by Gasteiger charge is 2.36. The van der Waals surface area contributed by atoms with Crippen LogP contribution in [-0.4, -0.2) is 113 Å². The molecule has 0 unspecified atom stereocenters. The quantitative estimate of drug-likeness (QED) is 0.0651. The molecule has 3 aromatic heterocycles. The van der Waals surface area contributed by atoms with Gasteiger partial charge in [-0.05, 0) is 121 Å². The highest BCUT2D eigenvalue weighted by molar-refractivity contribution is 6.45. The Hall–Kier alpha value is -10.7. The lowest BCUT2D eigenvalue weighted by Crippen LogP contribution is -2.40. The number of imide groups is 3. The molecule has 25 heteroatoms. The first-order valence-corrected chi connectivity index (χ1v) is 32.3. The van der Waals surface area contributed by atoms with Crippen molar-refractivity contribution < 1.29 is 47.6 Å². The molecule has 0 spiro atoms. The molecule has 5 fully saturated rings. The van der Waals surface area contributed by atoms with Gasteiger partial charge in [0.1, 0.15) is 0 Å². The molecule has 10 heterocycles. The third-order valence-corrected chi connectivity index (χ3v) is 18.7. The van der Waals surface area contributed by atoms with Gasteiger partial charge in [0, 0.05) is 114 Å². The largest absolute Gasteiger partial charge is 0.475 e. The zero-order chi connectivity index (χ0) is 68.6. The van der Waals surface area contributed by atoms with Crippen LogP contribution in [0.2, 0.25) is 0 Å². The standard InChI is InChI=1S/C25H28N4O4.C24H25N5O3.C22H24N6O3/c1-25(2)9-11-29(12-10-25)19-13-16(17-14-22(30)28(4)23(31)15-17)5-6-18(19)27-24(32)20-7-8-21(26-3)33-20;1-24(2)10-8-14(9-11-24)22-17(28-23(32)18-6-7-19(25-3)26-18)5-4-16(27-22)15-12-20(30)29-21(31)13-15;1-13-7-9-28(10-8-13)21-16(26-22(31)17-5-6-18(23-2)24-17)4-3-15(25-21)14-11-19(29)27-20(30)12-14/h5-8,13,17H,9-12,14-15H2,1-2,4H3,(H,27,32);4-5,7-8,15H,6,9-13H2,1-2H3,(H,28,32)(H,29,30,31);3-4,6,13-14H,5,7-12H2,1H3,(H,26,31)(H,27,29,30). The zero-order valence-electron chi connectivity index (χ0n) is 54.7. The molecule has 1 aromatic carbocycles. The van der Waals surface area contributed by atoms with Gasteiger partial charge in [-0.15, -0.1) is 9.98 Å². The number of hydrogen-bond donors (Lipinski definition) is 5. The van der Waals surface area contributed by atoms with Crippen LogP contribution in [0.4, 0.5) is 34.5 Å². The monoisotopic (exact) mass is 1300 g/mol.